The number of furan rings is 1. The summed E-state index contributed by atoms with van der Waals surface area (Å²) in [5.41, 5.74) is 0.152. The summed E-state index contributed by atoms with van der Waals surface area (Å²) in [5.74, 6) is -0.206. The number of carboxylic acids is 1. The number of nitrogens with zero attached hydrogens (tertiary/aromatic N) is 1. The smallest absolute Gasteiger partial charge is 0.338 e. The van der Waals surface area contributed by atoms with Gasteiger partial charge in [-0.1, -0.05) is 0 Å². The van der Waals surface area contributed by atoms with Gasteiger partial charge in [0.25, 0.3) is 0 Å². The number of rotatable bonds is 6. The van der Waals surface area contributed by atoms with E-state index in [-0.39, 0.29) is 17.5 Å². The minimum Gasteiger partial charge on any atom is -0.478 e. The predicted molar refractivity (Wildman–Crippen MR) is 67.8 cm³/mol. The summed E-state index contributed by atoms with van der Waals surface area (Å²) in [6.07, 6.45) is 2.81. The minimum absolute atomic E-state index is 0.139. The Kier molecular flexibility index (Phi) is 4.21. The Morgan fingerprint density at radius 1 is 1.63 bits per heavy atom. The first kappa shape index (κ1) is 13.6. The van der Waals surface area contributed by atoms with Crippen molar-refractivity contribution in [3.63, 3.8) is 0 Å². The highest BCUT2D eigenvalue weighted by molar-refractivity contribution is 5.87. The quantitative estimate of drug-likeness (QED) is 0.805. The molecular formula is C13H18N2O4. The Balaban J connectivity index is 1.77. The summed E-state index contributed by atoms with van der Waals surface area (Å²) in [5, 5.41) is 12.0. The van der Waals surface area contributed by atoms with Gasteiger partial charge in [0.15, 0.2) is 0 Å². The Labute approximate surface area is 111 Å². The fourth-order valence-electron chi connectivity index (χ4n) is 2.15. The monoisotopic (exact) mass is 266 g/mol. The number of aromatic carboxylic acids is 1. The molecule has 1 fully saturated rings. The van der Waals surface area contributed by atoms with E-state index in [1.807, 2.05) is 11.8 Å². The molecule has 19 heavy (non-hydrogen) atoms. The van der Waals surface area contributed by atoms with E-state index in [2.05, 4.69) is 5.32 Å². The van der Waals surface area contributed by atoms with Gasteiger partial charge in [0.05, 0.1) is 12.1 Å². The van der Waals surface area contributed by atoms with Crippen molar-refractivity contribution in [1.82, 2.24) is 10.2 Å². The normalized spacial score (nSPS) is 16.9. The van der Waals surface area contributed by atoms with Crippen LogP contribution in [0.1, 0.15) is 35.9 Å². The molecule has 0 radical (unpaired) electrons. The van der Waals surface area contributed by atoms with Crippen LogP contribution in [-0.2, 0) is 11.3 Å². The predicted octanol–water partition coefficient (Wildman–Crippen LogP) is 1.08. The second-order valence-corrected chi connectivity index (χ2v) is 4.83. The van der Waals surface area contributed by atoms with Gasteiger partial charge in [-0.2, -0.15) is 0 Å². The number of amides is 1. The highest BCUT2D eigenvalue weighted by Crippen LogP contribution is 2.11. The molecule has 6 heteroatoms. The molecule has 1 unspecified atom stereocenters. The number of hydrogen-bond acceptors (Lipinski definition) is 4. The van der Waals surface area contributed by atoms with Gasteiger partial charge in [-0.05, 0) is 19.4 Å². The van der Waals surface area contributed by atoms with E-state index in [4.69, 9.17) is 9.52 Å². The number of hydrogen-bond donors (Lipinski definition) is 2. The Morgan fingerprint density at radius 2 is 2.42 bits per heavy atom. The lowest BCUT2D eigenvalue weighted by Crippen LogP contribution is -2.39. The molecule has 0 spiro atoms. The lowest BCUT2D eigenvalue weighted by molar-refractivity contribution is -0.127. The second kappa shape index (κ2) is 5.88. The summed E-state index contributed by atoms with van der Waals surface area (Å²) < 4.78 is 5.14. The van der Waals surface area contributed by atoms with Crippen molar-refractivity contribution in [2.45, 2.75) is 32.4 Å². The molecule has 2 heterocycles. The van der Waals surface area contributed by atoms with Gasteiger partial charge in [0.2, 0.25) is 5.91 Å². The van der Waals surface area contributed by atoms with Crippen molar-refractivity contribution < 1.29 is 19.1 Å². The fraction of sp³-hybridized carbons (Fsp3) is 0.538. The van der Waals surface area contributed by atoms with Crippen molar-refractivity contribution >= 4 is 11.9 Å². The topological polar surface area (TPSA) is 82.8 Å². The van der Waals surface area contributed by atoms with Gasteiger partial charge < -0.3 is 19.7 Å². The second-order valence-electron chi connectivity index (χ2n) is 4.83. The molecule has 1 aliphatic rings. The highest BCUT2D eigenvalue weighted by atomic mass is 16.4. The van der Waals surface area contributed by atoms with Crippen LogP contribution in [0, 0.1) is 0 Å². The highest BCUT2D eigenvalue weighted by Gasteiger charge is 2.21. The standard InChI is InChI=1S/C13H18N2O4/c1-9(7-15-4-2-3-12(15)16)14-6-11-5-10(8-19-11)13(17)18/h5,8-9,14H,2-4,6-7H2,1H3,(H,17,18). The molecule has 0 aliphatic carbocycles. The van der Waals surface area contributed by atoms with Gasteiger partial charge in [-0.25, -0.2) is 4.79 Å². The zero-order chi connectivity index (χ0) is 13.8. The van der Waals surface area contributed by atoms with E-state index >= 15 is 0 Å². The summed E-state index contributed by atoms with van der Waals surface area (Å²) in [6, 6.07) is 1.64. The molecule has 1 aromatic rings. The molecule has 104 valence electrons. The first-order valence-electron chi connectivity index (χ1n) is 6.38. The third-order valence-corrected chi connectivity index (χ3v) is 3.19. The van der Waals surface area contributed by atoms with Crippen LogP contribution in [0.4, 0.5) is 0 Å². The molecule has 1 aliphatic heterocycles. The Bertz CT molecular complexity index is 469. The maximum Gasteiger partial charge on any atom is 0.338 e. The summed E-state index contributed by atoms with van der Waals surface area (Å²) in [7, 11) is 0. The Hall–Kier alpha value is -1.82. The maximum atomic E-state index is 11.5. The van der Waals surface area contributed by atoms with Gasteiger partial charge in [0, 0.05) is 25.6 Å². The molecule has 1 saturated heterocycles. The van der Waals surface area contributed by atoms with Crippen molar-refractivity contribution in [3.05, 3.63) is 23.7 Å². The van der Waals surface area contributed by atoms with E-state index in [0.717, 1.165) is 13.0 Å². The first-order valence-corrected chi connectivity index (χ1v) is 6.38. The molecule has 2 rings (SSSR count). The fourth-order valence-corrected chi connectivity index (χ4v) is 2.15. The summed E-state index contributed by atoms with van der Waals surface area (Å²) in [4.78, 5) is 24.0. The largest absolute Gasteiger partial charge is 0.478 e. The molecular weight excluding hydrogens is 248 g/mol. The maximum absolute atomic E-state index is 11.5. The molecule has 0 bridgehead atoms. The van der Waals surface area contributed by atoms with Crippen LogP contribution >= 0.6 is 0 Å². The lowest BCUT2D eigenvalue weighted by Gasteiger charge is -2.21. The van der Waals surface area contributed by atoms with Crippen LogP contribution in [0.15, 0.2) is 16.7 Å². The van der Waals surface area contributed by atoms with E-state index < -0.39 is 5.97 Å². The van der Waals surface area contributed by atoms with E-state index in [1.54, 1.807) is 0 Å². The minimum atomic E-state index is -0.995. The lowest BCUT2D eigenvalue weighted by atomic mass is 10.3. The number of carbonyl (C=O) groups is 2. The summed E-state index contributed by atoms with van der Waals surface area (Å²) in [6.45, 7) is 3.95. The van der Waals surface area contributed by atoms with Crippen molar-refractivity contribution in [2.75, 3.05) is 13.1 Å². The zero-order valence-corrected chi connectivity index (χ0v) is 10.9. The van der Waals surface area contributed by atoms with Gasteiger partial charge in [-0.15, -0.1) is 0 Å². The van der Waals surface area contributed by atoms with Crippen LogP contribution < -0.4 is 5.32 Å². The summed E-state index contributed by atoms with van der Waals surface area (Å²) >= 11 is 0. The van der Waals surface area contributed by atoms with Gasteiger partial charge in [0.1, 0.15) is 12.0 Å². The average molecular weight is 266 g/mol. The third kappa shape index (κ3) is 3.57. The first-order chi connectivity index (χ1) is 9.06. The van der Waals surface area contributed by atoms with Gasteiger partial charge >= 0.3 is 5.97 Å². The number of carboxylic acid groups (broad SMARTS) is 1. The number of carbonyl (C=O) groups excluding carboxylic acids is 1. The molecule has 0 aromatic carbocycles. The van der Waals surface area contributed by atoms with Crippen molar-refractivity contribution in [1.29, 1.82) is 0 Å². The van der Waals surface area contributed by atoms with E-state index in [9.17, 15) is 9.59 Å². The molecule has 1 amide bonds. The van der Waals surface area contributed by atoms with Crippen LogP contribution in [-0.4, -0.2) is 41.0 Å². The molecule has 1 aromatic heterocycles. The van der Waals surface area contributed by atoms with Crippen LogP contribution in [0.25, 0.3) is 0 Å². The SMILES string of the molecule is CC(CN1CCCC1=O)NCc1cc(C(=O)O)co1. The third-order valence-electron chi connectivity index (χ3n) is 3.19. The van der Waals surface area contributed by atoms with Crippen LogP contribution in [0.3, 0.4) is 0 Å². The van der Waals surface area contributed by atoms with Crippen molar-refractivity contribution in [2.24, 2.45) is 0 Å². The molecule has 6 nitrogen and oxygen atoms in total. The van der Waals surface area contributed by atoms with E-state index in [1.165, 1.54) is 12.3 Å². The molecule has 1 atom stereocenters. The molecule has 0 saturated carbocycles. The molecule has 2 N–H and O–H groups in total. The Morgan fingerprint density at radius 3 is 3.00 bits per heavy atom. The zero-order valence-electron chi connectivity index (χ0n) is 10.9. The number of likely N-dealkylation sites (tertiary alicyclic amines) is 1. The van der Waals surface area contributed by atoms with E-state index in [0.29, 0.717) is 25.3 Å². The van der Waals surface area contributed by atoms with Crippen LogP contribution in [0.5, 0.6) is 0 Å². The average Bonchev–Trinajstić information content (AvgIpc) is 2.97. The van der Waals surface area contributed by atoms with Crippen LogP contribution in [0.2, 0.25) is 0 Å². The van der Waals surface area contributed by atoms with Crippen molar-refractivity contribution in [3.8, 4) is 0 Å². The van der Waals surface area contributed by atoms with Gasteiger partial charge in [-0.3, -0.25) is 4.79 Å². The number of nitrogens with one attached hydrogen (secondary N) is 1.